The van der Waals surface area contributed by atoms with Crippen molar-refractivity contribution < 1.29 is 19.5 Å². The Labute approximate surface area is 121 Å². The molecule has 2 aliphatic rings. The van der Waals surface area contributed by atoms with Crippen molar-refractivity contribution in [3.8, 4) is 0 Å². The molecular weight excluding hydrogens is 270 g/mol. The molecule has 2 N–H and O–H groups in total. The lowest BCUT2D eigenvalue weighted by Crippen LogP contribution is -2.37. The second-order valence-electron chi connectivity index (χ2n) is 5.34. The van der Waals surface area contributed by atoms with Crippen molar-refractivity contribution in [1.29, 1.82) is 0 Å². The molecule has 5 heteroatoms. The minimum Gasteiger partial charge on any atom is -0.478 e. The molecule has 1 fully saturated rings. The molecule has 1 aliphatic carbocycles. The molecule has 108 valence electrons. The molecule has 1 atom stereocenters. The molecule has 21 heavy (non-hydrogen) atoms. The van der Waals surface area contributed by atoms with Gasteiger partial charge in [-0.25, -0.2) is 4.79 Å². The van der Waals surface area contributed by atoms with Crippen LogP contribution in [0.25, 0.3) is 0 Å². The zero-order chi connectivity index (χ0) is 15.0. The van der Waals surface area contributed by atoms with Crippen molar-refractivity contribution in [2.24, 2.45) is 5.92 Å². The first-order valence-corrected chi connectivity index (χ1v) is 6.98. The molecule has 0 aromatic heterocycles. The fourth-order valence-electron chi connectivity index (χ4n) is 3.09. The monoisotopic (exact) mass is 285 g/mol. The van der Waals surface area contributed by atoms with E-state index in [0.717, 1.165) is 19.4 Å². The van der Waals surface area contributed by atoms with E-state index in [0.29, 0.717) is 12.1 Å². The van der Waals surface area contributed by atoms with E-state index in [9.17, 15) is 19.5 Å². The number of ketones is 2. The van der Waals surface area contributed by atoms with Crippen LogP contribution in [0.4, 0.5) is 0 Å². The predicted octanol–water partition coefficient (Wildman–Crippen LogP) is 1.45. The lowest BCUT2D eigenvalue weighted by Gasteiger charge is -2.28. The van der Waals surface area contributed by atoms with Gasteiger partial charge >= 0.3 is 5.97 Å². The van der Waals surface area contributed by atoms with Gasteiger partial charge in [-0.2, -0.15) is 0 Å². The van der Waals surface area contributed by atoms with E-state index in [4.69, 9.17) is 0 Å². The topological polar surface area (TPSA) is 83.5 Å². The number of carbonyl (C=O) groups is 3. The Morgan fingerprint density at radius 3 is 2.38 bits per heavy atom. The van der Waals surface area contributed by atoms with Crippen molar-refractivity contribution >= 4 is 17.5 Å². The highest BCUT2D eigenvalue weighted by Gasteiger charge is 2.39. The molecule has 1 saturated heterocycles. The van der Waals surface area contributed by atoms with E-state index in [-0.39, 0.29) is 28.4 Å². The number of hydrogen-bond acceptors (Lipinski definition) is 4. The Balaban J connectivity index is 2.17. The van der Waals surface area contributed by atoms with Crippen LogP contribution < -0.4 is 5.32 Å². The minimum absolute atomic E-state index is 0.165. The third-order valence-electron chi connectivity index (χ3n) is 4.08. The number of fused-ring (bicyclic) bond motifs is 1. The summed E-state index contributed by atoms with van der Waals surface area (Å²) in [6.07, 6.45) is 1.59. The van der Waals surface area contributed by atoms with Crippen LogP contribution in [0.3, 0.4) is 0 Å². The van der Waals surface area contributed by atoms with Crippen LogP contribution in [0.2, 0.25) is 0 Å². The van der Waals surface area contributed by atoms with Crippen molar-refractivity contribution in [3.05, 3.63) is 46.5 Å². The summed E-state index contributed by atoms with van der Waals surface area (Å²) in [5.74, 6) is -2.41. The summed E-state index contributed by atoms with van der Waals surface area (Å²) >= 11 is 0. The number of carbonyl (C=O) groups excluding carboxylic acids is 2. The first-order chi connectivity index (χ1) is 10.1. The Hall–Kier alpha value is -2.27. The zero-order valence-corrected chi connectivity index (χ0v) is 11.4. The van der Waals surface area contributed by atoms with Gasteiger partial charge in [0.25, 0.3) is 0 Å². The summed E-state index contributed by atoms with van der Waals surface area (Å²) in [6.45, 7) is 1.39. The van der Waals surface area contributed by atoms with E-state index in [1.807, 2.05) is 0 Å². The number of rotatable bonds is 2. The summed E-state index contributed by atoms with van der Waals surface area (Å²) in [6, 6.07) is 6.42. The van der Waals surface area contributed by atoms with E-state index in [1.165, 1.54) is 6.07 Å². The maximum atomic E-state index is 12.7. The van der Waals surface area contributed by atoms with Crippen LogP contribution in [0.1, 0.15) is 33.6 Å². The summed E-state index contributed by atoms with van der Waals surface area (Å²) in [7, 11) is 0. The van der Waals surface area contributed by atoms with Gasteiger partial charge in [0.15, 0.2) is 5.78 Å². The smallest absolute Gasteiger partial charge is 0.340 e. The van der Waals surface area contributed by atoms with E-state index >= 15 is 0 Å². The van der Waals surface area contributed by atoms with Crippen LogP contribution in [-0.2, 0) is 4.79 Å². The largest absolute Gasteiger partial charge is 0.478 e. The van der Waals surface area contributed by atoms with Gasteiger partial charge in [-0.3, -0.25) is 9.59 Å². The van der Waals surface area contributed by atoms with Crippen LogP contribution in [0.5, 0.6) is 0 Å². The highest BCUT2D eigenvalue weighted by Crippen LogP contribution is 2.33. The van der Waals surface area contributed by atoms with Crippen LogP contribution in [0.15, 0.2) is 35.4 Å². The Morgan fingerprint density at radius 1 is 1.14 bits per heavy atom. The maximum Gasteiger partial charge on any atom is 0.340 e. The first kappa shape index (κ1) is 13.7. The lowest BCUT2D eigenvalue weighted by atomic mass is 9.76. The van der Waals surface area contributed by atoms with Gasteiger partial charge in [0.2, 0.25) is 5.78 Å². The van der Waals surface area contributed by atoms with Gasteiger partial charge in [-0.15, -0.1) is 0 Å². The zero-order valence-electron chi connectivity index (χ0n) is 11.4. The number of aliphatic carboxylic acids is 1. The molecule has 1 aromatic carbocycles. The SMILES string of the molecule is O=C(O)C1=C(C2CCCNC2)C(=O)c2ccccc2C1=O. The highest BCUT2D eigenvalue weighted by atomic mass is 16.4. The molecule has 0 spiro atoms. The molecule has 0 amide bonds. The fraction of sp³-hybridized carbons (Fsp3) is 0.312. The highest BCUT2D eigenvalue weighted by molar-refractivity contribution is 6.35. The summed E-state index contributed by atoms with van der Waals surface area (Å²) in [5, 5.41) is 12.6. The predicted molar refractivity (Wildman–Crippen MR) is 75.4 cm³/mol. The number of carboxylic acid groups (broad SMARTS) is 1. The molecule has 1 unspecified atom stereocenters. The molecule has 5 nitrogen and oxygen atoms in total. The number of Topliss-reactive ketones (excluding diaryl/α,β-unsaturated/α-hetero) is 2. The second kappa shape index (κ2) is 5.26. The maximum absolute atomic E-state index is 12.7. The molecular formula is C16H15NO4. The third-order valence-corrected chi connectivity index (χ3v) is 4.08. The minimum atomic E-state index is -1.32. The van der Waals surface area contributed by atoms with Crippen LogP contribution in [-0.4, -0.2) is 35.7 Å². The van der Waals surface area contributed by atoms with Gasteiger partial charge in [0, 0.05) is 29.2 Å². The average molecular weight is 285 g/mol. The van der Waals surface area contributed by atoms with E-state index < -0.39 is 11.8 Å². The standard InChI is InChI=1S/C16H15NO4/c18-14-10-5-1-2-6-11(10)15(19)13(16(20)21)12(14)9-4-3-7-17-8-9/h1-2,5-6,9,17H,3-4,7-8H2,(H,20,21). The molecule has 0 saturated carbocycles. The van der Waals surface area contributed by atoms with Gasteiger partial charge in [-0.1, -0.05) is 24.3 Å². The number of carboxylic acids is 1. The summed E-state index contributed by atoms with van der Waals surface area (Å²) in [4.78, 5) is 36.6. The molecule has 1 heterocycles. The quantitative estimate of drug-likeness (QED) is 0.803. The van der Waals surface area contributed by atoms with Crippen LogP contribution >= 0.6 is 0 Å². The van der Waals surface area contributed by atoms with Crippen LogP contribution in [0, 0.1) is 5.92 Å². The first-order valence-electron chi connectivity index (χ1n) is 6.98. The van der Waals surface area contributed by atoms with Gasteiger partial charge in [0.05, 0.1) is 0 Å². The molecule has 3 rings (SSSR count). The molecule has 0 radical (unpaired) electrons. The van der Waals surface area contributed by atoms with Gasteiger partial charge in [-0.05, 0) is 19.4 Å². The number of hydrogen-bond donors (Lipinski definition) is 2. The van der Waals surface area contributed by atoms with Crippen molar-refractivity contribution in [1.82, 2.24) is 5.32 Å². The van der Waals surface area contributed by atoms with Crippen molar-refractivity contribution in [2.45, 2.75) is 12.8 Å². The molecule has 1 aliphatic heterocycles. The number of nitrogens with one attached hydrogen (secondary N) is 1. The normalized spacial score (nSPS) is 22.2. The number of piperidine rings is 1. The Morgan fingerprint density at radius 2 is 1.81 bits per heavy atom. The Bertz CT molecular complexity index is 669. The van der Waals surface area contributed by atoms with E-state index in [1.54, 1.807) is 18.2 Å². The summed E-state index contributed by atoms with van der Waals surface area (Å²) < 4.78 is 0. The summed E-state index contributed by atoms with van der Waals surface area (Å²) in [5.41, 5.74) is 0.311. The van der Waals surface area contributed by atoms with Crippen molar-refractivity contribution in [2.75, 3.05) is 13.1 Å². The fourth-order valence-corrected chi connectivity index (χ4v) is 3.09. The molecule has 0 bridgehead atoms. The third kappa shape index (κ3) is 2.19. The van der Waals surface area contributed by atoms with Crippen molar-refractivity contribution in [3.63, 3.8) is 0 Å². The molecule has 1 aromatic rings. The van der Waals surface area contributed by atoms with Gasteiger partial charge < -0.3 is 10.4 Å². The van der Waals surface area contributed by atoms with E-state index in [2.05, 4.69) is 5.32 Å². The number of benzene rings is 1. The second-order valence-corrected chi connectivity index (χ2v) is 5.34. The Kier molecular flexibility index (Phi) is 3.43. The lowest BCUT2D eigenvalue weighted by molar-refractivity contribution is -0.132. The van der Waals surface area contributed by atoms with Gasteiger partial charge in [0.1, 0.15) is 5.57 Å². The average Bonchev–Trinajstić information content (AvgIpc) is 2.51.